The Bertz CT molecular complexity index is 753. The van der Waals surface area contributed by atoms with E-state index in [0.29, 0.717) is 11.1 Å². The lowest BCUT2D eigenvalue weighted by Gasteiger charge is -2.26. The minimum Gasteiger partial charge on any atom is -0.508 e. The van der Waals surface area contributed by atoms with Crippen LogP contribution in [0.25, 0.3) is 0 Å². The lowest BCUT2D eigenvalue weighted by Crippen LogP contribution is -2.21. The van der Waals surface area contributed by atoms with Crippen LogP contribution in [0.3, 0.4) is 0 Å². The van der Waals surface area contributed by atoms with Gasteiger partial charge in [-0.15, -0.1) is 0 Å². The molecule has 0 radical (unpaired) electrons. The van der Waals surface area contributed by atoms with Crippen molar-refractivity contribution in [3.63, 3.8) is 0 Å². The van der Waals surface area contributed by atoms with Gasteiger partial charge in [-0.25, -0.2) is 0 Å². The quantitative estimate of drug-likeness (QED) is 0.738. The highest BCUT2D eigenvalue weighted by Gasteiger charge is 2.31. The molecule has 114 valence electrons. The molecule has 0 aromatic heterocycles. The van der Waals surface area contributed by atoms with Crippen LogP contribution in [0.1, 0.15) is 28.4 Å². The maximum atomic E-state index is 12.4. The molecule has 6 heteroatoms. The zero-order valence-electron chi connectivity index (χ0n) is 11.7. The van der Waals surface area contributed by atoms with Gasteiger partial charge in [0.25, 0.3) is 0 Å². The summed E-state index contributed by atoms with van der Waals surface area (Å²) in [5.74, 6) is -0.302. The minimum atomic E-state index is -0.613. The predicted octanol–water partition coefficient (Wildman–Crippen LogP) is 2.52. The molecule has 3 N–H and O–H groups in total. The molecule has 2 aromatic carbocycles. The second-order valence-corrected chi connectivity index (χ2v) is 5.00. The number of carbonyl (C=O) groups excluding carboxylic acids is 1. The Balaban J connectivity index is 2.02. The van der Waals surface area contributed by atoms with E-state index in [-0.39, 0.29) is 41.0 Å². The van der Waals surface area contributed by atoms with E-state index in [1.165, 1.54) is 31.4 Å². The number of carbonyl (C=O) groups is 1. The van der Waals surface area contributed by atoms with Crippen molar-refractivity contribution in [2.75, 3.05) is 7.11 Å². The van der Waals surface area contributed by atoms with Gasteiger partial charge in [-0.3, -0.25) is 4.79 Å². The number of methoxy groups -OCH3 is 1. The van der Waals surface area contributed by atoms with Crippen molar-refractivity contribution in [1.82, 2.24) is 0 Å². The zero-order chi connectivity index (χ0) is 15.9. The highest BCUT2D eigenvalue weighted by molar-refractivity contribution is 6.02. The maximum absolute atomic E-state index is 12.4. The van der Waals surface area contributed by atoms with Crippen LogP contribution in [0.4, 0.5) is 0 Å². The van der Waals surface area contributed by atoms with Crippen molar-refractivity contribution in [1.29, 1.82) is 0 Å². The summed E-state index contributed by atoms with van der Waals surface area (Å²) in [5.41, 5.74) is 0.844. The second kappa shape index (κ2) is 5.14. The molecule has 1 aliphatic rings. The number of rotatable bonds is 2. The van der Waals surface area contributed by atoms with Crippen LogP contribution in [-0.2, 0) is 0 Å². The van der Waals surface area contributed by atoms with E-state index in [9.17, 15) is 20.1 Å². The van der Waals surface area contributed by atoms with Crippen molar-refractivity contribution in [2.24, 2.45) is 0 Å². The van der Waals surface area contributed by atoms with Crippen molar-refractivity contribution in [2.45, 2.75) is 12.5 Å². The number of aromatic hydroxyl groups is 3. The fourth-order valence-electron chi connectivity index (χ4n) is 2.50. The Hall–Kier alpha value is -2.89. The Morgan fingerprint density at radius 1 is 1.14 bits per heavy atom. The molecule has 1 aliphatic heterocycles. The van der Waals surface area contributed by atoms with E-state index in [4.69, 9.17) is 9.47 Å². The van der Waals surface area contributed by atoms with E-state index < -0.39 is 6.10 Å². The average molecular weight is 302 g/mol. The van der Waals surface area contributed by atoms with Crippen LogP contribution in [0, 0.1) is 0 Å². The summed E-state index contributed by atoms with van der Waals surface area (Å²) in [7, 11) is 1.41. The number of ether oxygens (including phenoxy) is 2. The predicted molar refractivity (Wildman–Crippen MR) is 76.7 cm³/mol. The Kier molecular flexibility index (Phi) is 3.29. The second-order valence-electron chi connectivity index (χ2n) is 5.00. The number of hydrogen-bond donors (Lipinski definition) is 3. The summed E-state index contributed by atoms with van der Waals surface area (Å²) in [6, 6.07) is 6.95. The van der Waals surface area contributed by atoms with E-state index in [2.05, 4.69) is 0 Å². The minimum absolute atomic E-state index is 0.0678. The monoisotopic (exact) mass is 302 g/mol. The highest BCUT2D eigenvalue weighted by Crippen LogP contribution is 2.42. The fourth-order valence-corrected chi connectivity index (χ4v) is 2.50. The molecule has 0 saturated carbocycles. The third-order valence-electron chi connectivity index (χ3n) is 3.56. The van der Waals surface area contributed by atoms with Gasteiger partial charge < -0.3 is 24.8 Å². The van der Waals surface area contributed by atoms with Crippen LogP contribution in [0.15, 0.2) is 30.3 Å². The summed E-state index contributed by atoms with van der Waals surface area (Å²) in [6.07, 6.45) is -0.545. The Labute approximate surface area is 126 Å². The molecule has 1 atom stereocenters. The van der Waals surface area contributed by atoms with E-state index in [0.717, 1.165) is 0 Å². The molecule has 0 unspecified atom stereocenters. The van der Waals surface area contributed by atoms with Gasteiger partial charge in [0.05, 0.1) is 13.5 Å². The maximum Gasteiger partial charge on any atom is 0.174 e. The number of ketones is 1. The smallest absolute Gasteiger partial charge is 0.174 e. The molecule has 6 nitrogen and oxygen atoms in total. The summed E-state index contributed by atoms with van der Waals surface area (Å²) in [6.45, 7) is 0. The molecule has 2 aromatic rings. The number of phenols is 3. The normalized spacial score (nSPS) is 16.8. The number of benzene rings is 2. The molecule has 0 aliphatic carbocycles. The first-order chi connectivity index (χ1) is 10.5. The third-order valence-corrected chi connectivity index (χ3v) is 3.56. The number of fused-ring (bicyclic) bond motifs is 1. The van der Waals surface area contributed by atoms with Gasteiger partial charge in [0.15, 0.2) is 17.3 Å². The molecule has 0 spiro atoms. The summed E-state index contributed by atoms with van der Waals surface area (Å²) in [5, 5.41) is 28.6. The van der Waals surface area contributed by atoms with Crippen LogP contribution < -0.4 is 9.47 Å². The van der Waals surface area contributed by atoms with Gasteiger partial charge in [-0.05, 0) is 17.7 Å². The molecule has 22 heavy (non-hydrogen) atoms. The molecule has 0 amide bonds. The molecular weight excluding hydrogens is 288 g/mol. The molecule has 0 fully saturated rings. The van der Waals surface area contributed by atoms with E-state index >= 15 is 0 Å². The molecule has 3 rings (SSSR count). The summed E-state index contributed by atoms with van der Waals surface area (Å²) >= 11 is 0. The summed E-state index contributed by atoms with van der Waals surface area (Å²) in [4.78, 5) is 12.4. The van der Waals surface area contributed by atoms with E-state index in [1.54, 1.807) is 6.07 Å². The largest absolute Gasteiger partial charge is 0.508 e. The topological polar surface area (TPSA) is 96.2 Å². The van der Waals surface area contributed by atoms with Crippen molar-refractivity contribution < 1.29 is 29.6 Å². The first kappa shape index (κ1) is 14.1. The average Bonchev–Trinajstić information content (AvgIpc) is 2.48. The fraction of sp³-hybridized carbons (Fsp3) is 0.188. The van der Waals surface area contributed by atoms with Gasteiger partial charge in [-0.1, -0.05) is 6.07 Å². The number of phenolic OH excluding ortho intramolecular Hbond substituents is 3. The summed E-state index contributed by atoms with van der Waals surface area (Å²) < 4.78 is 10.9. The van der Waals surface area contributed by atoms with Crippen molar-refractivity contribution in [3.8, 4) is 28.7 Å². The highest BCUT2D eigenvalue weighted by atomic mass is 16.5. The van der Waals surface area contributed by atoms with Crippen LogP contribution >= 0.6 is 0 Å². The first-order valence-corrected chi connectivity index (χ1v) is 6.62. The van der Waals surface area contributed by atoms with Crippen LogP contribution in [0.2, 0.25) is 0 Å². The molecule has 1 heterocycles. The van der Waals surface area contributed by atoms with Gasteiger partial charge in [0.1, 0.15) is 28.9 Å². The lowest BCUT2D eigenvalue weighted by molar-refractivity contribution is 0.0844. The Morgan fingerprint density at radius 3 is 2.59 bits per heavy atom. The van der Waals surface area contributed by atoms with Crippen LogP contribution in [-0.4, -0.2) is 28.2 Å². The Morgan fingerprint density at radius 2 is 1.91 bits per heavy atom. The molecule has 0 bridgehead atoms. The standard InChI is InChI=1S/C16H14O6/c1-21-14-5-9(17)6-15-16(14)12(20)7-13(22-15)8-2-3-10(18)11(19)4-8/h2-6,13,17-19H,7H2,1H3/t13-/m0/s1. The van der Waals surface area contributed by atoms with E-state index in [1.807, 2.05) is 0 Å². The van der Waals surface area contributed by atoms with Gasteiger partial charge >= 0.3 is 0 Å². The van der Waals surface area contributed by atoms with Crippen LogP contribution in [0.5, 0.6) is 28.7 Å². The van der Waals surface area contributed by atoms with Crippen molar-refractivity contribution in [3.05, 3.63) is 41.5 Å². The number of Topliss-reactive ketones (excluding diaryl/α,β-unsaturated/α-hetero) is 1. The molecule has 0 saturated heterocycles. The van der Waals surface area contributed by atoms with Gasteiger partial charge in [-0.2, -0.15) is 0 Å². The van der Waals surface area contributed by atoms with Crippen molar-refractivity contribution >= 4 is 5.78 Å². The zero-order valence-corrected chi connectivity index (χ0v) is 11.7. The van der Waals surface area contributed by atoms with Gasteiger partial charge in [0.2, 0.25) is 0 Å². The third kappa shape index (κ3) is 2.28. The first-order valence-electron chi connectivity index (χ1n) is 6.62. The number of hydrogen-bond acceptors (Lipinski definition) is 6. The lowest BCUT2D eigenvalue weighted by atomic mass is 9.95. The SMILES string of the molecule is COc1cc(O)cc2c1C(=O)C[C@@H](c1ccc(O)c(O)c1)O2. The van der Waals surface area contributed by atoms with Gasteiger partial charge in [0, 0.05) is 12.1 Å². The molecular formula is C16H14O6.